The lowest BCUT2D eigenvalue weighted by Gasteiger charge is -2.18. The third kappa shape index (κ3) is 50.7. The van der Waals surface area contributed by atoms with Gasteiger partial charge in [0.15, 0.2) is 6.10 Å². The fraction of sp³-hybridized carbons (Fsp3) is 0.593. The van der Waals surface area contributed by atoms with E-state index in [0.717, 1.165) is 128 Å². The zero-order valence-electron chi connectivity index (χ0n) is 41.2. The van der Waals surface area contributed by atoms with Gasteiger partial charge in [-0.25, -0.2) is 0 Å². The summed E-state index contributed by atoms with van der Waals surface area (Å²) in [5.41, 5.74) is 0. The van der Waals surface area contributed by atoms with Crippen LogP contribution in [0.1, 0.15) is 201 Å². The molecule has 0 rings (SSSR count). The van der Waals surface area contributed by atoms with Gasteiger partial charge in [0.2, 0.25) is 0 Å². The van der Waals surface area contributed by atoms with Crippen LogP contribution in [0.3, 0.4) is 0 Å². The van der Waals surface area contributed by atoms with Gasteiger partial charge in [0.25, 0.3) is 0 Å². The molecule has 0 aliphatic rings. The van der Waals surface area contributed by atoms with Crippen molar-refractivity contribution in [3.63, 3.8) is 0 Å². The van der Waals surface area contributed by atoms with E-state index in [1.54, 1.807) is 0 Å². The van der Waals surface area contributed by atoms with E-state index in [0.29, 0.717) is 19.4 Å². The van der Waals surface area contributed by atoms with Gasteiger partial charge in [-0.2, -0.15) is 0 Å². The van der Waals surface area contributed by atoms with Gasteiger partial charge in [-0.15, -0.1) is 0 Å². The smallest absolute Gasteiger partial charge is 0.306 e. The Kier molecular flexibility index (Phi) is 50.1. The van der Waals surface area contributed by atoms with Crippen LogP contribution in [0.25, 0.3) is 0 Å². The SMILES string of the molecule is CC/C=C\C/C=C\C/C=C\C/C=C\C/C=C\C/C=C\CCCOCC(COC(=O)CCCCC/C=C\C/C=C\C/C=C\C/C=C\C/C=C\CC)OC(=O)CCCCCCCCCCC. The van der Waals surface area contributed by atoms with Crippen LogP contribution in [0.5, 0.6) is 0 Å². The minimum Gasteiger partial charge on any atom is -0.462 e. The number of hydrogen-bond acceptors (Lipinski definition) is 5. The van der Waals surface area contributed by atoms with Gasteiger partial charge in [-0.1, -0.05) is 212 Å². The molecular weight excluding hydrogens is 789 g/mol. The van der Waals surface area contributed by atoms with Crippen LogP contribution in [0.15, 0.2) is 134 Å². The Hall–Kier alpha value is -3.96. The number of ether oxygens (including phenoxy) is 3. The molecule has 0 aliphatic heterocycles. The van der Waals surface area contributed by atoms with Gasteiger partial charge in [-0.05, 0) is 109 Å². The molecule has 0 aromatic heterocycles. The van der Waals surface area contributed by atoms with Crippen molar-refractivity contribution < 1.29 is 23.8 Å². The minimum absolute atomic E-state index is 0.0372. The van der Waals surface area contributed by atoms with Crippen LogP contribution in [-0.2, 0) is 23.8 Å². The molecule has 1 unspecified atom stereocenters. The third-order valence-electron chi connectivity index (χ3n) is 10.2. The Morgan fingerprint density at radius 1 is 0.359 bits per heavy atom. The predicted octanol–water partition coefficient (Wildman–Crippen LogP) is 17.6. The first-order valence-corrected chi connectivity index (χ1v) is 25.7. The summed E-state index contributed by atoms with van der Waals surface area (Å²) in [6.07, 6.45) is 76.2. The second-order valence-corrected chi connectivity index (χ2v) is 16.3. The number of carbonyl (C=O) groups excluding carboxylic acids is 2. The minimum atomic E-state index is -0.587. The van der Waals surface area contributed by atoms with Crippen LogP contribution in [-0.4, -0.2) is 37.9 Å². The van der Waals surface area contributed by atoms with Crippen LogP contribution >= 0.6 is 0 Å². The van der Waals surface area contributed by atoms with Crippen molar-refractivity contribution in [1.82, 2.24) is 0 Å². The van der Waals surface area contributed by atoms with Crippen molar-refractivity contribution in [2.75, 3.05) is 19.8 Å². The highest BCUT2D eigenvalue weighted by molar-refractivity contribution is 5.70. The molecule has 0 N–H and O–H groups in total. The van der Waals surface area contributed by atoms with Crippen molar-refractivity contribution >= 4 is 11.9 Å². The molecule has 5 nitrogen and oxygen atoms in total. The molecule has 5 heteroatoms. The lowest BCUT2D eigenvalue weighted by atomic mass is 10.1. The summed E-state index contributed by atoms with van der Waals surface area (Å²) in [6, 6.07) is 0. The standard InChI is InChI=1S/C59H94O5/c1-4-7-10-13-16-19-21-23-25-27-29-31-33-35-37-39-42-45-48-51-54-62-55-57(64-59(61)53-50-47-44-40-18-15-12-9-6-3)56-63-58(60)52-49-46-43-41-38-36-34-32-30-28-26-24-22-20-17-14-11-8-5-2/h7-8,10-11,16-17,19-20,23-26,29-32,35-38,42,45,57H,4-6,9,12-15,18,21-22,27-28,33-34,39-41,43-44,46-56H2,1-3H3/b10-7-,11-8-,19-16-,20-17-,25-23-,26-24-,31-29-,32-30-,37-35-,38-36-,45-42-. The highest BCUT2D eigenvalue weighted by atomic mass is 16.6. The summed E-state index contributed by atoms with van der Waals surface area (Å²) < 4.78 is 17.3. The van der Waals surface area contributed by atoms with Gasteiger partial charge in [-0.3, -0.25) is 9.59 Å². The van der Waals surface area contributed by atoms with Crippen molar-refractivity contribution in [1.29, 1.82) is 0 Å². The summed E-state index contributed by atoms with van der Waals surface area (Å²) in [5, 5.41) is 0. The molecule has 0 bridgehead atoms. The average molecular weight is 883 g/mol. The summed E-state index contributed by atoms with van der Waals surface area (Å²) in [5.74, 6) is -0.479. The summed E-state index contributed by atoms with van der Waals surface area (Å²) in [6.45, 7) is 7.38. The van der Waals surface area contributed by atoms with Gasteiger partial charge >= 0.3 is 11.9 Å². The maximum atomic E-state index is 12.7. The number of esters is 2. The monoisotopic (exact) mass is 883 g/mol. The second-order valence-electron chi connectivity index (χ2n) is 16.3. The number of allylic oxidation sites excluding steroid dienone is 22. The van der Waals surface area contributed by atoms with Gasteiger partial charge in [0, 0.05) is 19.4 Å². The molecule has 0 saturated heterocycles. The second kappa shape index (κ2) is 53.4. The first-order chi connectivity index (χ1) is 31.6. The molecule has 0 radical (unpaired) electrons. The predicted molar refractivity (Wildman–Crippen MR) is 278 cm³/mol. The number of hydrogen-bond donors (Lipinski definition) is 0. The highest BCUT2D eigenvalue weighted by Gasteiger charge is 2.17. The van der Waals surface area contributed by atoms with E-state index in [-0.39, 0.29) is 25.2 Å². The molecule has 360 valence electrons. The average Bonchev–Trinajstić information content (AvgIpc) is 3.30. The fourth-order valence-corrected chi connectivity index (χ4v) is 6.43. The van der Waals surface area contributed by atoms with E-state index >= 15 is 0 Å². The fourth-order valence-electron chi connectivity index (χ4n) is 6.43. The van der Waals surface area contributed by atoms with E-state index in [1.807, 2.05) is 0 Å². The summed E-state index contributed by atoms with van der Waals surface area (Å²) >= 11 is 0. The number of unbranched alkanes of at least 4 members (excludes halogenated alkanes) is 12. The first kappa shape index (κ1) is 60.0. The van der Waals surface area contributed by atoms with Gasteiger partial charge < -0.3 is 14.2 Å². The van der Waals surface area contributed by atoms with Crippen molar-refractivity contribution in [3.8, 4) is 0 Å². The van der Waals surface area contributed by atoms with E-state index in [9.17, 15) is 9.59 Å². The maximum absolute atomic E-state index is 12.7. The Balaban J connectivity index is 4.38. The van der Waals surface area contributed by atoms with Crippen molar-refractivity contribution in [3.05, 3.63) is 134 Å². The van der Waals surface area contributed by atoms with Crippen LogP contribution < -0.4 is 0 Å². The Morgan fingerprint density at radius 3 is 1.12 bits per heavy atom. The molecule has 0 aromatic carbocycles. The summed E-state index contributed by atoms with van der Waals surface area (Å²) in [4.78, 5) is 25.3. The largest absolute Gasteiger partial charge is 0.462 e. The van der Waals surface area contributed by atoms with E-state index in [1.165, 1.54) is 38.5 Å². The van der Waals surface area contributed by atoms with Crippen LogP contribution in [0.2, 0.25) is 0 Å². The zero-order chi connectivity index (χ0) is 46.3. The lowest BCUT2D eigenvalue weighted by molar-refractivity contribution is -0.163. The Bertz CT molecular complexity index is 1370. The highest BCUT2D eigenvalue weighted by Crippen LogP contribution is 2.12. The molecule has 0 fully saturated rings. The molecule has 0 aliphatic carbocycles. The van der Waals surface area contributed by atoms with E-state index < -0.39 is 6.10 Å². The quantitative estimate of drug-likeness (QED) is 0.0346. The zero-order valence-corrected chi connectivity index (χ0v) is 41.2. The van der Waals surface area contributed by atoms with Crippen molar-refractivity contribution in [2.24, 2.45) is 0 Å². The molecule has 0 aromatic rings. The van der Waals surface area contributed by atoms with E-state index in [4.69, 9.17) is 14.2 Å². The third-order valence-corrected chi connectivity index (χ3v) is 10.2. The molecule has 0 amide bonds. The normalized spacial score (nSPS) is 13.4. The Labute approximate surface area is 394 Å². The van der Waals surface area contributed by atoms with Crippen molar-refractivity contribution in [2.45, 2.75) is 207 Å². The Morgan fingerprint density at radius 2 is 0.703 bits per heavy atom. The maximum Gasteiger partial charge on any atom is 0.306 e. The van der Waals surface area contributed by atoms with E-state index in [2.05, 4.69) is 154 Å². The lowest BCUT2D eigenvalue weighted by Crippen LogP contribution is -2.30. The number of carbonyl (C=O) groups is 2. The molecular formula is C59H94O5. The van der Waals surface area contributed by atoms with Crippen LogP contribution in [0, 0.1) is 0 Å². The molecule has 0 saturated carbocycles. The van der Waals surface area contributed by atoms with Crippen LogP contribution in [0.4, 0.5) is 0 Å². The molecule has 0 spiro atoms. The number of rotatable bonds is 45. The van der Waals surface area contributed by atoms with Gasteiger partial charge in [0.1, 0.15) is 6.61 Å². The molecule has 1 atom stereocenters. The van der Waals surface area contributed by atoms with Gasteiger partial charge in [0.05, 0.1) is 6.61 Å². The molecule has 64 heavy (non-hydrogen) atoms. The topological polar surface area (TPSA) is 61.8 Å². The first-order valence-electron chi connectivity index (χ1n) is 25.7. The molecule has 0 heterocycles. The summed E-state index contributed by atoms with van der Waals surface area (Å²) in [7, 11) is 0.